The minimum Gasteiger partial charge on any atom is -0.466 e. The Hall–Kier alpha value is -3.77. The number of carbonyl (C=O) groups excluding carboxylic acids is 4. The summed E-state index contributed by atoms with van der Waals surface area (Å²) < 4.78 is 5.10. The van der Waals surface area contributed by atoms with Crippen LogP contribution in [0, 0.1) is 5.92 Å². The smallest absolute Gasteiger partial charge is 0.309 e. The van der Waals surface area contributed by atoms with E-state index in [-0.39, 0.29) is 31.0 Å². The molecule has 0 saturated carbocycles. The molecule has 0 fully saturated rings. The van der Waals surface area contributed by atoms with Crippen molar-refractivity contribution in [1.29, 1.82) is 0 Å². The Morgan fingerprint density at radius 3 is 2.09 bits per heavy atom. The number of ketones is 2. The van der Waals surface area contributed by atoms with Crippen LogP contribution in [0.1, 0.15) is 47.4 Å². The third-order valence-electron chi connectivity index (χ3n) is 5.42. The second-order valence-corrected chi connectivity index (χ2v) is 8.49. The van der Waals surface area contributed by atoms with E-state index in [0.717, 1.165) is 11.1 Å². The first-order valence-corrected chi connectivity index (χ1v) is 11.6. The third-order valence-corrected chi connectivity index (χ3v) is 5.67. The van der Waals surface area contributed by atoms with Gasteiger partial charge in [-0.05, 0) is 49.2 Å². The summed E-state index contributed by atoms with van der Waals surface area (Å²) in [6.07, 6.45) is -0.391. The molecule has 0 heterocycles. The molecule has 1 N–H and O–H groups in total. The SMILES string of the molecule is CCOC(=O)C(CC(=O)Nc1cccc(C(C)=O)c1)CC(=O)c1ccc(-c2ccc(Cl)cc2)cc1. The molecule has 0 aliphatic rings. The predicted molar refractivity (Wildman–Crippen MR) is 136 cm³/mol. The van der Waals surface area contributed by atoms with E-state index >= 15 is 0 Å². The first kappa shape index (κ1) is 25.8. The molecule has 3 aromatic carbocycles. The van der Waals surface area contributed by atoms with Gasteiger partial charge in [0.05, 0.1) is 12.5 Å². The van der Waals surface area contributed by atoms with Crippen LogP contribution in [-0.2, 0) is 14.3 Å². The summed E-state index contributed by atoms with van der Waals surface area (Å²) in [5, 5.41) is 3.33. The van der Waals surface area contributed by atoms with Crippen molar-refractivity contribution < 1.29 is 23.9 Å². The Morgan fingerprint density at radius 1 is 0.857 bits per heavy atom. The van der Waals surface area contributed by atoms with Gasteiger partial charge in [0.1, 0.15) is 0 Å². The number of Topliss-reactive ketones (excluding diaryl/α,β-unsaturated/α-hetero) is 2. The Labute approximate surface area is 209 Å². The number of rotatable bonds is 10. The molecule has 1 atom stereocenters. The molecule has 0 spiro atoms. The normalized spacial score (nSPS) is 11.4. The first-order chi connectivity index (χ1) is 16.8. The van der Waals surface area contributed by atoms with Gasteiger partial charge in [0.15, 0.2) is 11.6 Å². The summed E-state index contributed by atoms with van der Waals surface area (Å²) >= 11 is 5.94. The number of carbonyl (C=O) groups is 4. The minimum atomic E-state index is -0.936. The lowest BCUT2D eigenvalue weighted by Crippen LogP contribution is -2.26. The van der Waals surface area contributed by atoms with Crippen LogP contribution >= 0.6 is 11.6 Å². The van der Waals surface area contributed by atoms with Crippen LogP contribution in [0.2, 0.25) is 5.02 Å². The van der Waals surface area contributed by atoms with E-state index in [4.69, 9.17) is 16.3 Å². The number of esters is 1. The molecular weight excluding hydrogens is 466 g/mol. The zero-order chi connectivity index (χ0) is 25.4. The molecule has 0 saturated heterocycles. The number of halogens is 1. The Bertz CT molecular complexity index is 1220. The van der Waals surface area contributed by atoms with E-state index in [0.29, 0.717) is 21.8 Å². The lowest BCUT2D eigenvalue weighted by molar-refractivity contribution is -0.149. The summed E-state index contributed by atoms with van der Waals surface area (Å²) in [5.41, 5.74) is 3.22. The maximum Gasteiger partial charge on any atom is 0.309 e. The van der Waals surface area contributed by atoms with Crippen LogP contribution in [0.15, 0.2) is 72.8 Å². The van der Waals surface area contributed by atoms with Crippen molar-refractivity contribution >= 4 is 40.7 Å². The van der Waals surface area contributed by atoms with Crippen molar-refractivity contribution in [3.8, 4) is 11.1 Å². The van der Waals surface area contributed by atoms with Crippen molar-refractivity contribution in [2.24, 2.45) is 5.92 Å². The second kappa shape index (κ2) is 12.1. The van der Waals surface area contributed by atoms with Gasteiger partial charge in [0.25, 0.3) is 0 Å². The Morgan fingerprint density at radius 2 is 1.49 bits per heavy atom. The van der Waals surface area contributed by atoms with Gasteiger partial charge in [-0.15, -0.1) is 0 Å². The quantitative estimate of drug-likeness (QED) is 0.278. The molecule has 0 bridgehead atoms. The number of anilines is 1. The number of hydrogen-bond donors (Lipinski definition) is 1. The molecule has 0 radical (unpaired) electrons. The zero-order valence-electron chi connectivity index (χ0n) is 19.5. The molecule has 6 nitrogen and oxygen atoms in total. The van der Waals surface area contributed by atoms with E-state index in [9.17, 15) is 19.2 Å². The van der Waals surface area contributed by atoms with Crippen LogP contribution in [0.4, 0.5) is 5.69 Å². The van der Waals surface area contributed by atoms with Gasteiger partial charge in [-0.1, -0.05) is 60.1 Å². The fourth-order valence-corrected chi connectivity index (χ4v) is 3.71. The lowest BCUT2D eigenvalue weighted by atomic mass is 9.94. The molecule has 3 rings (SSSR count). The highest BCUT2D eigenvalue weighted by Crippen LogP contribution is 2.23. The molecule has 180 valence electrons. The Kier molecular flexibility index (Phi) is 8.92. The van der Waals surface area contributed by atoms with Gasteiger partial charge in [0.2, 0.25) is 5.91 Å². The monoisotopic (exact) mass is 491 g/mol. The maximum absolute atomic E-state index is 12.9. The highest BCUT2D eigenvalue weighted by atomic mass is 35.5. The molecule has 35 heavy (non-hydrogen) atoms. The van der Waals surface area contributed by atoms with E-state index in [1.54, 1.807) is 55.5 Å². The summed E-state index contributed by atoms with van der Waals surface area (Å²) in [5.74, 6) is -2.38. The standard InChI is InChI=1S/C28H26ClNO5/c1-3-35-28(34)23(17-27(33)30-25-6-4-5-22(15-25)18(2)31)16-26(32)21-9-7-19(8-10-21)20-11-13-24(29)14-12-20/h4-15,23H,3,16-17H2,1-2H3,(H,30,33). The Balaban J connectivity index is 1.69. The maximum atomic E-state index is 12.9. The first-order valence-electron chi connectivity index (χ1n) is 11.2. The van der Waals surface area contributed by atoms with Crippen molar-refractivity contribution in [2.45, 2.75) is 26.7 Å². The van der Waals surface area contributed by atoms with E-state index in [2.05, 4.69) is 5.32 Å². The van der Waals surface area contributed by atoms with Crippen molar-refractivity contribution in [3.63, 3.8) is 0 Å². The van der Waals surface area contributed by atoms with Crippen molar-refractivity contribution in [3.05, 3.63) is 88.9 Å². The van der Waals surface area contributed by atoms with Gasteiger partial charge in [-0.3, -0.25) is 19.2 Å². The van der Waals surface area contributed by atoms with Crippen LogP contribution in [0.3, 0.4) is 0 Å². The molecule has 1 unspecified atom stereocenters. The van der Waals surface area contributed by atoms with E-state index < -0.39 is 17.8 Å². The van der Waals surface area contributed by atoms with Crippen molar-refractivity contribution in [2.75, 3.05) is 11.9 Å². The highest BCUT2D eigenvalue weighted by Gasteiger charge is 2.27. The van der Waals surface area contributed by atoms with Crippen LogP contribution in [-0.4, -0.2) is 30.0 Å². The van der Waals surface area contributed by atoms with Crippen LogP contribution in [0.5, 0.6) is 0 Å². The largest absolute Gasteiger partial charge is 0.466 e. The average molecular weight is 492 g/mol. The molecule has 0 aliphatic heterocycles. The molecule has 3 aromatic rings. The third kappa shape index (κ3) is 7.36. The number of benzene rings is 3. The predicted octanol–water partition coefficient (Wildman–Crippen LogP) is 5.99. The van der Waals surface area contributed by atoms with Gasteiger partial charge in [-0.25, -0.2) is 0 Å². The molecule has 7 heteroatoms. The molecule has 0 aromatic heterocycles. The van der Waals surface area contributed by atoms with Crippen molar-refractivity contribution in [1.82, 2.24) is 0 Å². The minimum absolute atomic E-state index is 0.127. The molecule has 1 amide bonds. The molecule has 0 aliphatic carbocycles. The zero-order valence-corrected chi connectivity index (χ0v) is 20.3. The fraction of sp³-hybridized carbons (Fsp3) is 0.214. The van der Waals surface area contributed by atoms with Crippen LogP contribution < -0.4 is 5.32 Å². The van der Waals surface area contributed by atoms with Gasteiger partial charge >= 0.3 is 5.97 Å². The van der Waals surface area contributed by atoms with Gasteiger partial charge in [-0.2, -0.15) is 0 Å². The summed E-state index contributed by atoms with van der Waals surface area (Å²) in [6.45, 7) is 3.24. The van der Waals surface area contributed by atoms with E-state index in [1.807, 2.05) is 24.3 Å². The van der Waals surface area contributed by atoms with Crippen LogP contribution in [0.25, 0.3) is 11.1 Å². The second-order valence-electron chi connectivity index (χ2n) is 8.05. The lowest BCUT2D eigenvalue weighted by Gasteiger charge is -2.15. The topological polar surface area (TPSA) is 89.5 Å². The number of hydrogen-bond acceptors (Lipinski definition) is 5. The summed E-state index contributed by atoms with van der Waals surface area (Å²) in [4.78, 5) is 49.6. The summed E-state index contributed by atoms with van der Waals surface area (Å²) in [6, 6.07) is 20.9. The number of amides is 1. The summed E-state index contributed by atoms with van der Waals surface area (Å²) in [7, 11) is 0. The van der Waals surface area contributed by atoms with E-state index in [1.165, 1.54) is 6.92 Å². The fourth-order valence-electron chi connectivity index (χ4n) is 3.58. The number of nitrogens with one attached hydrogen (secondary N) is 1. The van der Waals surface area contributed by atoms with Gasteiger partial charge < -0.3 is 10.1 Å². The van der Waals surface area contributed by atoms with Gasteiger partial charge in [0, 0.05) is 34.7 Å². The molecular formula is C28H26ClNO5. The number of ether oxygens (including phenoxy) is 1. The highest BCUT2D eigenvalue weighted by molar-refractivity contribution is 6.30. The average Bonchev–Trinajstić information content (AvgIpc) is 2.84.